The van der Waals surface area contributed by atoms with Gasteiger partial charge in [0.2, 0.25) is 0 Å². The molecule has 0 unspecified atom stereocenters. The highest BCUT2D eigenvalue weighted by Crippen LogP contribution is 2.27. The van der Waals surface area contributed by atoms with Crippen LogP contribution in [0.1, 0.15) is 29.2 Å². The van der Waals surface area contributed by atoms with Crippen LogP contribution in [0.3, 0.4) is 0 Å². The van der Waals surface area contributed by atoms with E-state index in [0.29, 0.717) is 6.61 Å². The predicted molar refractivity (Wildman–Crippen MR) is 68.3 cm³/mol. The number of hydrogen-bond donors (Lipinski definition) is 1. The van der Waals surface area contributed by atoms with E-state index in [-0.39, 0.29) is 0 Å². The van der Waals surface area contributed by atoms with E-state index in [1.165, 1.54) is 0 Å². The Kier molecular flexibility index (Phi) is 3.76. The summed E-state index contributed by atoms with van der Waals surface area (Å²) >= 11 is 1.56. The fourth-order valence-electron chi connectivity index (χ4n) is 1.59. The van der Waals surface area contributed by atoms with Gasteiger partial charge in [0, 0.05) is 17.1 Å². The second-order valence-corrected chi connectivity index (χ2v) is 4.91. The van der Waals surface area contributed by atoms with Crippen molar-refractivity contribution in [2.75, 3.05) is 0 Å². The van der Waals surface area contributed by atoms with E-state index in [0.717, 1.165) is 21.9 Å². The number of ether oxygens (including phenoxy) is 1. The number of aryl methyl sites for hydroxylation is 1. The summed E-state index contributed by atoms with van der Waals surface area (Å²) in [6.07, 6.45) is 1.23. The van der Waals surface area contributed by atoms with Crippen molar-refractivity contribution in [3.63, 3.8) is 0 Å². The molecule has 2 rings (SSSR count). The summed E-state index contributed by atoms with van der Waals surface area (Å²) < 4.78 is 5.69. The molecule has 4 heteroatoms. The average molecular weight is 249 g/mol. The van der Waals surface area contributed by atoms with Gasteiger partial charge in [0.1, 0.15) is 17.4 Å². The lowest BCUT2D eigenvalue weighted by Gasteiger charge is -2.13. The Morgan fingerprint density at radius 1 is 1.47 bits per heavy atom. The van der Waals surface area contributed by atoms with Gasteiger partial charge in [0.25, 0.3) is 0 Å². The van der Waals surface area contributed by atoms with E-state index < -0.39 is 6.10 Å². The topological polar surface area (TPSA) is 42.4 Å². The minimum Gasteiger partial charge on any atom is -0.486 e. The molecule has 0 aliphatic heterocycles. The highest BCUT2D eigenvalue weighted by Gasteiger charge is 2.10. The van der Waals surface area contributed by atoms with Crippen LogP contribution in [0, 0.1) is 6.92 Å². The third kappa shape index (κ3) is 3.05. The second-order valence-electron chi connectivity index (χ2n) is 3.93. The first-order chi connectivity index (χ1) is 8.16. The molecule has 0 fully saturated rings. The summed E-state index contributed by atoms with van der Waals surface area (Å²) in [5.41, 5.74) is 1.93. The third-order valence-corrected chi connectivity index (χ3v) is 3.20. The third-order valence-electron chi connectivity index (χ3n) is 2.45. The molecule has 1 atom stereocenters. The number of hydrogen-bond acceptors (Lipinski definition) is 4. The summed E-state index contributed by atoms with van der Waals surface area (Å²) in [7, 11) is 0. The molecule has 1 N–H and O–H groups in total. The van der Waals surface area contributed by atoms with Gasteiger partial charge in [-0.1, -0.05) is 11.6 Å². The number of rotatable bonds is 4. The quantitative estimate of drug-likeness (QED) is 0.905. The summed E-state index contributed by atoms with van der Waals surface area (Å²) in [6.45, 7) is 4.18. The van der Waals surface area contributed by atoms with Crippen molar-refractivity contribution < 1.29 is 9.84 Å². The number of benzene rings is 1. The second kappa shape index (κ2) is 5.29. The molecule has 0 saturated heterocycles. The Labute approximate surface area is 105 Å². The Hall–Kier alpha value is -1.39. The first-order valence-electron chi connectivity index (χ1n) is 5.46. The van der Waals surface area contributed by atoms with E-state index in [1.807, 2.05) is 30.5 Å². The van der Waals surface area contributed by atoms with Crippen LogP contribution >= 0.6 is 11.3 Å². The Bertz CT molecular complexity index is 480. The highest BCUT2D eigenvalue weighted by atomic mass is 32.1. The SMILES string of the molecule is Cc1ccc(OCc2nccs2)c([C@@H](C)O)c1. The van der Waals surface area contributed by atoms with Gasteiger partial charge in [0.15, 0.2) is 0 Å². The normalized spacial score (nSPS) is 12.4. The lowest BCUT2D eigenvalue weighted by Crippen LogP contribution is -2.01. The standard InChI is InChI=1S/C13H15NO2S/c1-9-3-4-12(11(7-9)10(2)15)16-8-13-14-5-6-17-13/h3-7,10,15H,8H2,1-2H3/t10-/m1/s1. The molecule has 0 amide bonds. The minimum absolute atomic E-state index is 0.445. The zero-order valence-corrected chi connectivity index (χ0v) is 10.7. The molecule has 3 nitrogen and oxygen atoms in total. The maximum absolute atomic E-state index is 9.69. The van der Waals surface area contributed by atoms with E-state index in [2.05, 4.69) is 4.98 Å². The van der Waals surface area contributed by atoms with Crippen LogP contribution in [0.2, 0.25) is 0 Å². The number of aliphatic hydroxyl groups is 1. The number of aliphatic hydroxyl groups excluding tert-OH is 1. The Morgan fingerprint density at radius 3 is 2.94 bits per heavy atom. The van der Waals surface area contributed by atoms with E-state index >= 15 is 0 Å². The van der Waals surface area contributed by atoms with Crippen molar-refractivity contribution in [3.8, 4) is 5.75 Å². The fourth-order valence-corrected chi connectivity index (χ4v) is 2.12. The lowest BCUT2D eigenvalue weighted by atomic mass is 10.1. The van der Waals surface area contributed by atoms with E-state index in [9.17, 15) is 5.11 Å². The van der Waals surface area contributed by atoms with Crippen LogP contribution in [0.5, 0.6) is 5.75 Å². The molecule has 1 heterocycles. The van der Waals surface area contributed by atoms with Gasteiger partial charge in [-0.3, -0.25) is 0 Å². The van der Waals surface area contributed by atoms with Crippen LogP contribution in [0.25, 0.3) is 0 Å². The Balaban J connectivity index is 2.14. The maximum atomic E-state index is 9.69. The summed E-state index contributed by atoms with van der Waals surface area (Å²) in [5.74, 6) is 0.723. The Morgan fingerprint density at radius 2 is 2.29 bits per heavy atom. The smallest absolute Gasteiger partial charge is 0.140 e. The summed E-state index contributed by atoms with van der Waals surface area (Å²) in [5, 5.41) is 12.5. The molecule has 0 radical (unpaired) electrons. The van der Waals surface area contributed by atoms with Gasteiger partial charge in [-0.25, -0.2) is 4.98 Å². The molecule has 1 aromatic carbocycles. The number of thiazole rings is 1. The highest BCUT2D eigenvalue weighted by molar-refractivity contribution is 7.09. The number of nitrogens with zero attached hydrogens (tertiary/aromatic N) is 1. The van der Waals surface area contributed by atoms with Crippen LogP contribution in [-0.2, 0) is 6.61 Å². The molecule has 1 aromatic heterocycles. The molecule has 0 saturated carbocycles. The molecule has 0 bridgehead atoms. The zero-order valence-electron chi connectivity index (χ0n) is 9.88. The first-order valence-corrected chi connectivity index (χ1v) is 6.34. The van der Waals surface area contributed by atoms with Gasteiger partial charge in [-0.05, 0) is 26.0 Å². The molecule has 0 aliphatic rings. The minimum atomic E-state index is -0.527. The van der Waals surface area contributed by atoms with E-state index in [1.54, 1.807) is 24.5 Å². The van der Waals surface area contributed by atoms with Crippen LogP contribution in [0.15, 0.2) is 29.8 Å². The molecule has 0 spiro atoms. The van der Waals surface area contributed by atoms with Gasteiger partial charge in [-0.15, -0.1) is 11.3 Å². The molecule has 2 aromatic rings. The zero-order chi connectivity index (χ0) is 12.3. The lowest BCUT2D eigenvalue weighted by molar-refractivity contribution is 0.190. The van der Waals surface area contributed by atoms with Crippen molar-refractivity contribution in [2.45, 2.75) is 26.6 Å². The van der Waals surface area contributed by atoms with Crippen molar-refractivity contribution >= 4 is 11.3 Å². The van der Waals surface area contributed by atoms with Gasteiger partial charge >= 0.3 is 0 Å². The molecular formula is C13H15NO2S. The maximum Gasteiger partial charge on any atom is 0.140 e. The van der Waals surface area contributed by atoms with Crippen LogP contribution < -0.4 is 4.74 Å². The monoisotopic (exact) mass is 249 g/mol. The van der Waals surface area contributed by atoms with Crippen LogP contribution in [0.4, 0.5) is 0 Å². The first kappa shape index (κ1) is 12.1. The van der Waals surface area contributed by atoms with Crippen molar-refractivity contribution in [3.05, 3.63) is 45.9 Å². The average Bonchev–Trinajstić information content (AvgIpc) is 2.80. The summed E-state index contributed by atoms with van der Waals surface area (Å²) in [6, 6.07) is 5.82. The number of aromatic nitrogens is 1. The van der Waals surface area contributed by atoms with Gasteiger partial charge < -0.3 is 9.84 Å². The van der Waals surface area contributed by atoms with E-state index in [4.69, 9.17) is 4.74 Å². The van der Waals surface area contributed by atoms with Crippen molar-refractivity contribution in [1.29, 1.82) is 0 Å². The molecular weight excluding hydrogens is 234 g/mol. The van der Waals surface area contributed by atoms with Crippen molar-refractivity contribution in [1.82, 2.24) is 4.98 Å². The van der Waals surface area contributed by atoms with Crippen molar-refractivity contribution in [2.24, 2.45) is 0 Å². The predicted octanol–water partition coefficient (Wildman–Crippen LogP) is 3.08. The fraction of sp³-hybridized carbons (Fsp3) is 0.308. The molecule has 90 valence electrons. The largest absolute Gasteiger partial charge is 0.486 e. The molecule has 17 heavy (non-hydrogen) atoms. The summed E-state index contributed by atoms with van der Waals surface area (Å²) in [4.78, 5) is 4.15. The molecule has 0 aliphatic carbocycles. The van der Waals surface area contributed by atoms with Gasteiger partial charge in [-0.2, -0.15) is 0 Å². The van der Waals surface area contributed by atoms with Crippen LogP contribution in [-0.4, -0.2) is 10.1 Å². The van der Waals surface area contributed by atoms with Gasteiger partial charge in [0.05, 0.1) is 6.10 Å².